The van der Waals surface area contributed by atoms with Crippen LogP contribution in [-0.4, -0.2) is 28.8 Å². The van der Waals surface area contributed by atoms with Gasteiger partial charge in [-0.15, -0.1) is 24.5 Å². The number of anilines is 1. The fraction of sp³-hybridized carbons (Fsp3) is 0.211. The molecule has 0 radical (unpaired) electrons. The van der Waals surface area contributed by atoms with Crippen LogP contribution in [0.15, 0.2) is 54.2 Å². The maximum Gasteiger partial charge on any atom is 0.573 e. The number of hydrogen-bond acceptors (Lipinski definition) is 5. The fourth-order valence-corrected chi connectivity index (χ4v) is 4.02. The summed E-state index contributed by atoms with van der Waals surface area (Å²) in [5.74, 6) is -1.03. The van der Waals surface area contributed by atoms with Crippen LogP contribution in [0.1, 0.15) is 17.9 Å². The van der Waals surface area contributed by atoms with Crippen molar-refractivity contribution in [3.05, 3.63) is 59.7 Å². The van der Waals surface area contributed by atoms with Crippen molar-refractivity contribution in [1.82, 2.24) is 9.97 Å². The second-order valence-electron chi connectivity index (χ2n) is 6.20. The molecular weight excluding hydrogens is 391 g/mol. The molecule has 0 aliphatic carbocycles. The number of aromatic nitrogens is 2. The lowest BCUT2D eigenvalue weighted by atomic mass is 9.97. The highest BCUT2D eigenvalue weighted by molar-refractivity contribution is 7.14. The van der Waals surface area contributed by atoms with Gasteiger partial charge in [-0.2, -0.15) is 0 Å². The van der Waals surface area contributed by atoms with Crippen LogP contribution >= 0.6 is 11.3 Å². The van der Waals surface area contributed by atoms with Gasteiger partial charge in [0.2, 0.25) is 5.91 Å². The molecular formula is C19H14F3N3O2S. The van der Waals surface area contributed by atoms with E-state index in [0.717, 1.165) is 11.3 Å². The summed E-state index contributed by atoms with van der Waals surface area (Å²) in [4.78, 5) is 22.9. The Kier molecular flexibility index (Phi) is 4.76. The Bertz CT molecular complexity index is 991. The molecule has 1 saturated heterocycles. The first-order chi connectivity index (χ1) is 13.4. The number of benzene rings is 1. The van der Waals surface area contributed by atoms with Crippen molar-refractivity contribution in [2.24, 2.45) is 0 Å². The number of pyridine rings is 1. The first-order valence-electron chi connectivity index (χ1n) is 8.44. The Hall–Kier alpha value is -2.94. The van der Waals surface area contributed by atoms with Crippen molar-refractivity contribution < 1.29 is 22.7 Å². The normalized spacial score (nSPS) is 17.2. The molecule has 1 aliphatic rings. The van der Waals surface area contributed by atoms with Crippen molar-refractivity contribution in [2.75, 3.05) is 11.4 Å². The van der Waals surface area contributed by atoms with Crippen LogP contribution in [0.2, 0.25) is 0 Å². The van der Waals surface area contributed by atoms with Crippen LogP contribution in [0, 0.1) is 0 Å². The van der Waals surface area contributed by atoms with Gasteiger partial charge in [-0.05, 0) is 36.2 Å². The molecule has 3 heterocycles. The third-order valence-electron chi connectivity index (χ3n) is 4.40. The smallest absolute Gasteiger partial charge is 0.406 e. The number of ether oxygens (including phenoxy) is 1. The number of thiazole rings is 1. The first kappa shape index (κ1) is 18.4. The van der Waals surface area contributed by atoms with Crippen molar-refractivity contribution >= 4 is 22.4 Å². The predicted molar refractivity (Wildman–Crippen MR) is 98.2 cm³/mol. The second-order valence-corrected chi connectivity index (χ2v) is 7.04. The Morgan fingerprint density at radius 2 is 1.96 bits per heavy atom. The molecule has 1 unspecified atom stereocenters. The van der Waals surface area contributed by atoms with Crippen molar-refractivity contribution in [3.8, 4) is 17.0 Å². The molecule has 0 N–H and O–H groups in total. The number of amides is 1. The van der Waals surface area contributed by atoms with Gasteiger partial charge in [0.25, 0.3) is 0 Å². The molecule has 0 spiro atoms. The van der Waals surface area contributed by atoms with E-state index in [-0.39, 0.29) is 11.7 Å². The van der Waals surface area contributed by atoms with Gasteiger partial charge in [-0.25, -0.2) is 4.98 Å². The molecule has 144 valence electrons. The number of carbonyl (C=O) groups excluding carboxylic acids is 1. The molecule has 28 heavy (non-hydrogen) atoms. The SMILES string of the molecule is O=C1C(c2cccc(OC(F)(F)F)c2)CCN1c1nc(-c2ccncc2)cs1. The maximum atomic E-state index is 12.9. The largest absolute Gasteiger partial charge is 0.573 e. The van der Waals surface area contributed by atoms with Crippen molar-refractivity contribution in [3.63, 3.8) is 0 Å². The summed E-state index contributed by atoms with van der Waals surface area (Å²) in [6.45, 7) is 0.456. The van der Waals surface area contributed by atoms with Gasteiger partial charge in [-0.3, -0.25) is 14.7 Å². The average molecular weight is 405 g/mol. The monoisotopic (exact) mass is 405 g/mol. The molecule has 1 aliphatic heterocycles. The number of carbonyl (C=O) groups is 1. The van der Waals surface area contributed by atoms with E-state index in [1.165, 1.54) is 29.5 Å². The molecule has 4 rings (SSSR count). The summed E-state index contributed by atoms with van der Waals surface area (Å²) in [6, 6.07) is 9.25. The zero-order chi connectivity index (χ0) is 19.7. The van der Waals surface area contributed by atoms with E-state index in [9.17, 15) is 18.0 Å². The zero-order valence-electron chi connectivity index (χ0n) is 14.4. The minimum atomic E-state index is -4.77. The summed E-state index contributed by atoms with van der Waals surface area (Å²) in [6.07, 6.45) is -0.935. The van der Waals surface area contributed by atoms with Crippen molar-refractivity contribution in [1.29, 1.82) is 0 Å². The van der Waals surface area contributed by atoms with Crippen LogP contribution < -0.4 is 9.64 Å². The molecule has 0 saturated carbocycles. The second kappa shape index (κ2) is 7.23. The van der Waals surface area contributed by atoms with Gasteiger partial charge in [0.05, 0.1) is 11.6 Å². The van der Waals surface area contributed by atoms with Crippen molar-refractivity contribution in [2.45, 2.75) is 18.7 Å². The van der Waals surface area contributed by atoms with E-state index in [1.54, 1.807) is 23.4 Å². The van der Waals surface area contributed by atoms with Gasteiger partial charge in [0.1, 0.15) is 5.75 Å². The summed E-state index contributed by atoms with van der Waals surface area (Å²) >= 11 is 1.35. The minimum absolute atomic E-state index is 0.181. The van der Waals surface area contributed by atoms with Gasteiger partial charge < -0.3 is 4.74 Å². The summed E-state index contributed by atoms with van der Waals surface area (Å²) in [5.41, 5.74) is 2.15. The van der Waals surface area contributed by atoms with Gasteiger partial charge in [0.15, 0.2) is 5.13 Å². The topological polar surface area (TPSA) is 55.3 Å². The highest BCUT2D eigenvalue weighted by atomic mass is 32.1. The predicted octanol–water partition coefficient (Wildman–Crippen LogP) is 4.62. The quantitative estimate of drug-likeness (QED) is 0.635. The van der Waals surface area contributed by atoms with E-state index in [0.29, 0.717) is 23.7 Å². The molecule has 1 fully saturated rings. The maximum absolute atomic E-state index is 12.9. The van der Waals surface area contributed by atoms with Crippen LogP contribution in [0.3, 0.4) is 0 Å². The van der Waals surface area contributed by atoms with Gasteiger partial charge >= 0.3 is 6.36 Å². The standard InChI is InChI=1S/C19H14F3N3O2S/c20-19(21,22)27-14-3-1-2-13(10-14)15-6-9-25(17(15)26)18-24-16(11-28-18)12-4-7-23-8-5-12/h1-5,7-8,10-11,15H,6,9H2. The summed E-state index contributed by atoms with van der Waals surface area (Å²) < 4.78 is 41.3. The third kappa shape index (κ3) is 3.84. The molecule has 2 aromatic heterocycles. The number of rotatable bonds is 4. The Labute approximate surface area is 162 Å². The first-order valence-corrected chi connectivity index (χ1v) is 9.32. The van der Waals surface area contributed by atoms with Crippen LogP contribution in [0.4, 0.5) is 18.3 Å². The number of alkyl halides is 3. The van der Waals surface area contributed by atoms with E-state index >= 15 is 0 Å². The summed E-state index contributed by atoms with van der Waals surface area (Å²) in [5, 5.41) is 2.44. The fourth-order valence-electron chi connectivity index (χ4n) is 3.15. The number of nitrogens with zero attached hydrogens (tertiary/aromatic N) is 3. The molecule has 0 bridgehead atoms. The van der Waals surface area contributed by atoms with E-state index in [2.05, 4.69) is 14.7 Å². The Morgan fingerprint density at radius 1 is 1.18 bits per heavy atom. The van der Waals surface area contributed by atoms with E-state index < -0.39 is 12.3 Å². The van der Waals surface area contributed by atoms with E-state index in [1.807, 2.05) is 17.5 Å². The summed E-state index contributed by atoms with van der Waals surface area (Å²) in [7, 11) is 0. The molecule has 1 atom stereocenters. The molecule has 9 heteroatoms. The molecule has 1 amide bonds. The third-order valence-corrected chi connectivity index (χ3v) is 5.26. The highest BCUT2D eigenvalue weighted by Crippen LogP contribution is 2.36. The average Bonchev–Trinajstić information content (AvgIpc) is 3.28. The molecule has 5 nitrogen and oxygen atoms in total. The van der Waals surface area contributed by atoms with Crippen LogP contribution in [-0.2, 0) is 4.79 Å². The van der Waals surface area contributed by atoms with Crippen LogP contribution in [0.25, 0.3) is 11.3 Å². The van der Waals surface area contributed by atoms with Crippen LogP contribution in [0.5, 0.6) is 5.75 Å². The Balaban J connectivity index is 1.53. The van der Waals surface area contributed by atoms with Gasteiger partial charge in [-0.1, -0.05) is 12.1 Å². The van der Waals surface area contributed by atoms with Gasteiger partial charge in [0, 0.05) is 29.9 Å². The van der Waals surface area contributed by atoms with E-state index in [4.69, 9.17) is 0 Å². The lowest BCUT2D eigenvalue weighted by molar-refractivity contribution is -0.274. The Morgan fingerprint density at radius 3 is 2.71 bits per heavy atom. The minimum Gasteiger partial charge on any atom is -0.406 e. The zero-order valence-corrected chi connectivity index (χ0v) is 15.2. The number of hydrogen-bond donors (Lipinski definition) is 0. The lowest BCUT2D eigenvalue weighted by Gasteiger charge is -2.14. The highest BCUT2D eigenvalue weighted by Gasteiger charge is 2.36. The molecule has 1 aromatic carbocycles. The number of halogens is 3. The molecule has 3 aromatic rings. The lowest BCUT2D eigenvalue weighted by Crippen LogP contribution is -2.26.